The van der Waals surface area contributed by atoms with E-state index in [2.05, 4.69) is 47.4 Å². The van der Waals surface area contributed by atoms with Crippen LogP contribution in [0.1, 0.15) is 69.8 Å². The van der Waals surface area contributed by atoms with E-state index in [9.17, 15) is 23.1 Å². The SMILES string of the molecule is CCC(CC)(Cc1c(SC(C)(C)C)c2cc(COc3ccccn3)ccc2n1Cc1ccc(-c2ccc(C(F)(F)F)cn2)cc1)C(=O)O. The molecule has 2 aromatic carbocycles. The molecule has 0 aliphatic carbocycles. The van der Waals surface area contributed by atoms with Crippen molar-refractivity contribution in [1.29, 1.82) is 0 Å². The van der Waals surface area contributed by atoms with Gasteiger partial charge in [-0.1, -0.05) is 71.0 Å². The Balaban J connectivity index is 1.59. The third-order valence-electron chi connectivity index (χ3n) is 8.61. The second kappa shape index (κ2) is 14.0. The second-order valence-electron chi connectivity index (χ2n) is 13.0. The number of aromatic nitrogens is 3. The molecule has 0 aliphatic rings. The van der Waals surface area contributed by atoms with E-state index in [1.807, 2.05) is 62.4 Å². The minimum Gasteiger partial charge on any atom is -0.481 e. The maximum absolute atomic E-state index is 13.1. The Bertz CT molecular complexity index is 1860. The van der Waals surface area contributed by atoms with Crippen molar-refractivity contribution in [3.8, 4) is 17.1 Å². The number of hydrogen-bond donors (Lipinski definition) is 1. The third-order valence-corrected chi connectivity index (χ3v) is 9.88. The number of ether oxygens (including phenoxy) is 1. The van der Waals surface area contributed by atoms with E-state index in [0.29, 0.717) is 49.6 Å². The normalized spacial score (nSPS) is 12.4. The summed E-state index contributed by atoms with van der Waals surface area (Å²) in [7, 11) is 0. The van der Waals surface area contributed by atoms with Gasteiger partial charge in [0, 0.05) is 63.2 Å². The first kappa shape index (κ1) is 35.0. The summed E-state index contributed by atoms with van der Waals surface area (Å²) in [5.41, 5.74) is 3.30. The quantitative estimate of drug-likeness (QED) is 0.133. The van der Waals surface area contributed by atoms with Crippen LogP contribution >= 0.6 is 11.8 Å². The zero-order chi connectivity index (χ0) is 34.7. The predicted molar refractivity (Wildman–Crippen MR) is 184 cm³/mol. The summed E-state index contributed by atoms with van der Waals surface area (Å²) in [5, 5.41) is 11.5. The molecule has 0 spiro atoms. The summed E-state index contributed by atoms with van der Waals surface area (Å²) in [6.45, 7) is 11.1. The Morgan fingerprint density at radius 3 is 2.19 bits per heavy atom. The van der Waals surface area contributed by atoms with Crippen LogP contribution in [0.25, 0.3) is 22.2 Å². The maximum Gasteiger partial charge on any atom is 0.417 e. The number of aliphatic carboxylic acids is 1. The number of halogens is 3. The standard InChI is InChI=1S/C38H40F3N3O3S/c1-6-37(7-2,35(45)46)21-32-34(48-36(3,4)5)29-20-26(24-47-33-10-8-9-19-42-33)13-18-31(29)44(32)23-25-11-14-27(15-12-25)30-17-16-28(22-43-30)38(39,40)41/h8-20,22H,6-7,21,23-24H2,1-5H3,(H,45,46). The minimum absolute atomic E-state index is 0.158. The van der Waals surface area contributed by atoms with Gasteiger partial charge in [0.05, 0.1) is 16.7 Å². The third kappa shape index (κ3) is 7.86. The predicted octanol–water partition coefficient (Wildman–Crippen LogP) is 10.1. The zero-order valence-electron chi connectivity index (χ0n) is 27.8. The molecule has 3 heterocycles. The van der Waals surface area contributed by atoms with Gasteiger partial charge in [0.15, 0.2) is 0 Å². The average Bonchev–Trinajstić information content (AvgIpc) is 3.32. The fourth-order valence-corrected chi connectivity index (χ4v) is 6.96. The smallest absolute Gasteiger partial charge is 0.417 e. The molecule has 0 amide bonds. The Morgan fingerprint density at radius 1 is 0.917 bits per heavy atom. The number of benzene rings is 2. The Hall–Kier alpha value is -4.31. The van der Waals surface area contributed by atoms with Crippen LogP contribution in [0.2, 0.25) is 0 Å². The van der Waals surface area contributed by atoms with Crippen molar-refractivity contribution in [2.24, 2.45) is 5.41 Å². The molecule has 0 atom stereocenters. The summed E-state index contributed by atoms with van der Waals surface area (Å²) in [6, 6.07) is 21.8. The number of carbonyl (C=O) groups is 1. The second-order valence-corrected chi connectivity index (χ2v) is 14.8. The molecule has 10 heteroatoms. The van der Waals surface area contributed by atoms with E-state index < -0.39 is 23.1 Å². The number of nitrogens with zero attached hydrogens (tertiary/aromatic N) is 3. The van der Waals surface area contributed by atoms with Crippen molar-refractivity contribution in [3.63, 3.8) is 0 Å². The fraction of sp³-hybridized carbons (Fsp3) is 0.342. The molecule has 0 bridgehead atoms. The van der Waals surface area contributed by atoms with Crippen molar-refractivity contribution in [2.45, 2.75) is 82.9 Å². The lowest BCUT2D eigenvalue weighted by Crippen LogP contribution is -2.33. The molecular formula is C38H40F3N3O3S. The molecule has 252 valence electrons. The molecule has 5 rings (SSSR count). The zero-order valence-corrected chi connectivity index (χ0v) is 28.6. The van der Waals surface area contributed by atoms with E-state index >= 15 is 0 Å². The molecule has 0 unspecified atom stereocenters. The molecule has 1 N–H and O–H groups in total. The van der Waals surface area contributed by atoms with Gasteiger partial charge in [-0.25, -0.2) is 4.98 Å². The molecule has 0 saturated heterocycles. The largest absolute Gasteiger partial charge is 0.481 e. The lowest BCUT2D eigenvalue weighted by atomic mass is 9.78. The van der Waals surface area contributed by atoms with Gasteiger partial charge >= 0.3 is 12.1 Å². The number of fused-ring (bicyclic) bond motifs is 1. The van der Waals surface area contributed by atoms with Crippen LogP contribution < -0.4 is 4.74 Å². The van der Waals surface area contributed by atoms with E-state index in [0.717, 1.165) is 44.9 Å². The van der Waals surface area contributed by atoms with Crippen LogP contribution in [0.3, 0.4) is 0 Å². The molecule has 0 fully saturated rings. The topological polar surface area (TPSA) is 77.2 Å². The maximum atomic E-state index is 13.1. The van der Waals surface area contributed by atoms with Gasteiger partial charge in [-0.15, -0.1) is 11.8 Å². The van der Waals surface area contributed by atoms with Crippen LogP contribution in [0, 0.1) is 5.41 Å². The van der Waals surface area contributed by atoms with E-state index in [1.54, 1.807) is 18.0 Å². The molecule has 0 aliphatic heterocycles. The van der Waals surface area contributed by atoms with Gasteiger partial charge in [0.2, 0.25) is 5.88 Å². The van der Waals surface area contributed by atoms with Crippen molar-refractivity contribution in [2.75, 3.05) is 0 Å². The summed E-state index contributed by atoms with van der Waals surface area (Å²) in [6.07, 6.45) is -0.587. The number of pyridine rings is 2. The highest BCUT2D eigenvalue weighted by atomic mass is 32.2. The van der Waals surface area contributed by atoms with Gasteiger partial charge in [-0.05, 0) is 54.3 Å². The summed E-state index contributed by atoms with van der Waals surface area (Å²) >= 11 is 1.73. The molecule has 3 aromatic heterocycles. The molecule has 0 saturated carbocycles. The molecule has 5 aromatic rings. The molecule has 0 radical (unpaired) electrons. The minimum atomic E-state index is -4.45. The van der Waals surface area contributed by atoms with Gasteiger partial charge in [-0.2, -0.15) is 13.2 Å². The fourth-order valence-electron chi connectivity index (χ4n) is 5.77. The van der Waals surface area contributed by atoms with Crippen LogP contribution in [-0.4, -0.2) is 30.4 Å². The first-order chi connectivity index (χ1) is 22.7. The van der Waals surface area contributed by atoms with Crippen LogP contribution in [0.4, 0.5) is 13.2 Å². The van der Waals surface area contributed by atoms with Gasteiger partial charge in [-0.3, -0.25) is 9.78 Å². The van der Waals surface area contributed by atoms with Crippen molar-refractivity contribution >= 4 is 28.6 Å². The summed E-state index contributed by atoms with van der Waals surface area (Å²) in [4.78, 5) is 22.1. The van der Waals surface area contributed by atoms with Crippen molar-refractivity contribution in [1.82, 2.24) is 14.5 Å². The molecular weight excluding hydrogens is 635 g/mol. The Labute approximate surface area is 283 Å². The first-order valence-electron chi connectivity index (χ1n) is 16.0. The Morgan fingerprint density at radius 2 is 1.62 bits per heavy atom. The van der Waals surface area contributed by atoms with E-state index in [-0.39, 0.29) is 4.75 Å². The number of carboxylic acid groups (broad SMARTS) is 1. The first-order valence-corrected chi connectivity index (χ1v) is 16.8. The highest BCUT2D eigenvalue weighted by molar-refractivity contribution is 8.00. The summed E-state index contributed by atoms with van der Waals surface area (Å²) < 4.78 is 47.2. The van der Waals surface area contributed by atoms with E-state index in [1.165, 1.54) is 6.07 Å². The lowest BCUT2D eigenvalue weighted by Gasteiger charge is -2.29. The van der Waals surface area contributed by atoms with Gasteiger partial charge < -0.3 is 14.4 Å². The number of carboxylic acids is 1. The van der Waals surface area contributed by atoms with Gasteiger partial charge in [0.1, 0.15) is 6.61 Å². The number of hydrogen-bond acceptors (Lipinski definition) is 5. The van der Waals surface area contributed by atoms with Crippen LogP contribution in [-0.2, 0) is 30.5 Å². The molecule has 6 nitrogen and oxygen atoms in total. The van der Waals surface area contributed by atoms with E-state index in [4.69, 9.17) is 4.74 Å². The monoisotopic (exact) mass is 675 g/mol. The summed E-state index contributed by atoms with van der Waals surface area (Å²) in [5.74, 6) is -0.277. The highest BCUT2D eigenvalue weighted by Crippen LogP contribution is 2.45. The average molecular weight is 676 g/mol. The number of thioether (sulfide) groups is 1. The highest BCUT2D eigenvalue weighted by Gasteiger charge is 2.38. The Kier molecular flexibility index (Phi) is 10.2. The van der Waals surface area contributed by atoms with Crippen LogP contribution in [0.15, 0.2) is 90.1 Å². The number of alkyl halides is 3. The van der Waals surface area contributed by atoms with Crippen molar-refractivity contribution < 1.29 is 27.8 Å². The van der Waals surface area contributed by atoms with Gasteiger partial charge in [0.25, 0.3) is 0 Å². The lowest BCUT2D eigenvalue weighted by molar-refractivity contribution is -0.149. The van der Waals surface area contributed by atoms with Crippen molar-refractivity contribution in [3.05, 3.63) is 108 Å². The van der Waals surface area contributed by atoms with Crippen LogP contribution in [0.5, 0.6) is 5.88 Å². The molecule has 48 heavy (non-hydrogen) atoms. The number of rotatable bonds is 12.